The fourth-order valence-electron chi connectivity index (χ4n) is 2.06. The van der Waals surface area contributed by atoms with E-state index in [1.54, 1.807) is 17.4 Å². The van der Waals surface area contributed by atoms with Gasteiger partial charge in [0.2, 0.25) is 0 Å². The van der Waals surface area contributed by atoms with E-state index in [2.05, 4.69) is 27.0 Å². The number of nitrogens with zero attached hydrogens (tertiary/aromatic N) is 1. The van der Waals surface area contributed by atoms with E-state index in [-0.39, 0.29) is 5.82 Å². The van der Waals surface area contributed by atoms with Gasteiger partial charge in [-0.25, -0.2) is 4.39 Å². The Bertz CT molecular complexity index is 499. The molecular weight excluding hydrogens is 271 g/mol. The minimum absolute atomic E-state index is 0.121. The van der Waals surface area contributed by atoms with Crippen LogP contribution in [0.15, 0.2) is 41.1 Å². The first-order valence-electron chi connectivity index (χ1n) is 6.89. The second kappa shape index (κ2) is 8.15. The lowest BCUT2D eigenvalue weighted by Crippen LogP contribution is -2.30. The summed E-state index contributed by atoms with van der Waals surface area (Å²) in [6.07, 6.45) is 1.07. The molecule has 108 valence electrons. The Morgan fingerprint density at radius 3 is 2.80 bits per heavy atom. The van der Waals surface area contributed by atoms with Crippen LogP contribution in [0.4, 0.5) is 4.39 Å². The van der Waals surface area contributed by atoms with Gasteiger partial charge >= 0.3 is 0 Å². The van der Waals surface area contributed by atoms with Crippen LogP contribution in [0.5, 0.6) is 0 Å². The zero-order valence-corrected chi connectivity index (χ0v) is 12.6. The molecule has 1 aromatic carbocycles. The Balaban J connectivity index is 1.60. The molecule has 0 aliphatic heterocycles. The van der Waals surface area contributed by atoms with Crippen LogP contribution in [-0.4, -0.2) is 31.6 Å². The average Bonchev–Trinajstić information content (AvgIpc) is 2.94. The summed E-state index contributed by atoms with van der Waals surface area (Å²) in [5, 5.41) is 7.72. The first-order chi connectivity index (χ1) is 9.75. The van der Waals surface area contributed by atoms with Crippen molar-refractivity contribution in [3.05, 3.63) is 58.0 Å². The molecule has 0 saturated carbocycles. The smallest absolute Gasteiger partial charge is 0.127 e. The first-order valence-corrected chi connectivity index (χ1v) is 7.84. The number of thiophene rings is 1. The molecule has 0 amide bonds. The van der Waals surface area contributed by atoms with Gasteiger partial charge in [0.1, 0.15) is 5.82 Å². The molecule has 2 aromatic rings. The van der Waals surface area contributed by atoms with Crippen LogP contribution < -0.4 is 5.32 Å². The van der Waals surface area contributed by atoms with Crippen LogP contribution in [0.1, 0.15) is 11.1 Å². The molecule has 1 heterocycles. The lowest BCUT2D eigenvalue weighted by atomic mass is 10.2. The Morgan fingerprint density at radius 2 is 2.05 bits per heavy atom. The predicted octanol–water partition coefficient (Wildman–Crippen LogP) is 3.15. The Hall–Kier alpha value is -1.23. The second-order valence-corrected chi connectivity index (χ2v) is 5.74. The third-order valence-corrected chi connectivity index (χ3v) is 3.97. The van der Waals surface area contributed by atoms with Crippen LogP contribution in [0.2, 0.25) is 0 Å². The number of halogens is 1. The molecule has 2 nitrogen and oxygen atoms in total. The summed E-state index contributed by atoms with van der Waals surface area (Å²) in [5.74, 6) is -0.121. The van der Waals surface area contributed by atoms with E-state index in [0.717, 1.165) is 31.6 Å². The molecule has 2 rings (SSSR count). The van der Waals surface area contributed by atoms with E-state index in [0.29, 0.717) is 6.54 Å². The maximum absolute atomic E-state index is 13.5. The maximum atomic E-state index is 13.5. The van der Waals surface area contributed by atoms with Gasteiger partial charge in [0.15, 0.2) is 0 Å². The Kier molecular flexibility index (Phi) is 6.18. The van der Waals surface area contributed by atoms with Gasteiger partial charge in [0.25, 0.3) is 0 Å². The highest BCUT2D eigenvalue weighted by molar-refractivity contribution is 7.07. The van der Waals surface area contributed by atoms with Crippen LogP contribution in [0, 0.1) is 5.82 Å². The summed E-state index contributed by atoms with van der Waals surface area (Å²) in [5.41, 5.74) is 2.15. The van der Waals surface area contributed by atoms with E-state index < -0.39 is 0 Å². The topological polar surface area (TPSA) is 15.3 Å². The number of benzene rings is 1. The lowest BCUT2D eigenvalue weighted by molar-refractivity contribution is 0.319. The van der Waals surface area contributed by atoms with Gasteiger partial charge in [-0.3, -0.25) is 0 Å². The van der Waals surface area contributed by atoms with Crippen molar-refractivity contribution < 1.29 is 4.39 Å². The number of nitrogens with one attached hydrogen (secondary N) is 1. The lowest BCUT2D eigenvalue weighted by Gasteiger charge is -2.17. The zero-order chi connectivity index (χ0) is 14.2. The van der Waals surface area contributed by atoms with Crippen molar-refractivity contribution in [1.29, 1.82) is 0 Å². The molecule has 1 N–H and O–H groups in total. The van der Waals surface area contributed by atoms with E-state index in [1.807, 2.05) is 19.2 Å². The van der Waals surface area contributed by atoms with Gasteiger partial charge in [-0.2, -0.15) is 11.3 Å². The summed E-state index contributed by atoms with van der Waals surface area (Å²) in [7, 11) is 2.02. The molecule has 0 aliphatic carbocycles. The zero-order valence-electron chi connectivity index (χ0n) is 11.8. The van der Waals surface area contributed by atoms with Crippen LogP contribution in [0.25, 0.3) is 0 Å². The number of likely N-dealkylation sites (N-methyl/N-ethyl adjacent to an activating group) is 1. The van der Waals surface area contributed by atoms with E-state index in [4.69, 9.17) is 0 Å². The summed E-state index contributed by atoms with van der Waals surface area (Å²) < 4.78 is 13.5. The summed E-state index contributed by atoms with van der Waals surface area (Å²) >= 11 is 1.74. The largest absolute Gasteiger partial charge is 0.315 e. The van der Waals surface area contributed by atoms with Crippen LogP contribution in [0.3, 0.4) is 0 Å². The van der Waals surface area contributed by atoms with Gasteiger partial charge in [-0.15, -0.1) is 0 Å². The number of hydrogen-bond acceptors (Lipinski definition) is 3. The molecule has 0 aliphatic rings. The highest BCUT2D eigenvalue weighted by atomic mass is 32.1. The summed E-state index contributed by atoms with van der Waals surface area (Å²) in [6.45, 7) is 3.48. The van der Waals surface area contributed by atoms with Crippen molar-refractivity contribution in [2.75, 3.05) is 26.7 Å². The standard InChI is InChI=1S/C16H21FN2S/c1-19(12-15-4-2-3-5-16(15)17)10-9-18-8-6-14-7-11-20-13-14/h2-5,7,11,13,18H,6,8-10,12H2,1H3. The molecule has 1 aromatic heterocycles. The molecule has 0 atom stereocenters. The Morgan fingerprint density at radius 1 is 1.20 bits per heavy atom. The molecule has 0 spiro atoms. The minimum atomic E-state index is -0.121. The van der Waals surface area contributed by atoms with Crippen molar-refractivity contribution >= 4 is 11.3 Å². The normalized spacial score (nSPS) is 11.2. The highest BCUT2D eigenvalue weighted by Crippen LogP contribution is 2.08. The van der Waals surface area contributed by atoms with Crippen molar-refractivity contribution in [3.63, 3.8) is 0 Å². The third-order valence-electron chi connectivity index (χ3n) is 3.24. The van der Waals surface area contributed by atoms with Gasteiger partial charge in [0.05, 0.1) is 0 Å². The molecular formula is C16H21FN2S. The summed E-state index contributed by atoms with van der Waals surface area (Å²) in [6, 6.07) is 9.13. The monoisotopic (exact) mass is 292 g/mol. The van der Waals surface area contributed by atoms with E-state index >= 15 is 0 Å². The second-order valence-electron chi connectivity index (χ2n) is 4.96. The fourth-order valence-corrected chi connectivity index (χ4v) is 2.76. The first kappa shape index (κ1) is 15.2. The van der Waals surface area contributed by atoms with Crippen LogP contribution >= 0.6 is 11.3 Å². The van der Waals surface area contributed by atoms with Crippen LogP contribution in [-0.2, 0) is 13.0 Å². The molecule has 0 fully saturated rings. The molecule has 0 radical (unpaired) electrons. The predicted molar refractivity (Wildman–Crippen MR) is 83.6 cm³/mol. The van der Waals surface area contributed by atoms with Crippen molar-refractivity contribution in [2.24, 2.45) is 0 Å². The molecule has 0 unspecified atom stereocenters. The van der Waals surface area contributed by atoms with Gasteiger partial charge < -0.3 is 10.2 Å². The maximum Gasteiger partial charge on any atom is 0.127 e. The number of hydrogen-bond donors (Lipinski definition) is 1. The van der Waals surface area contributed by atoms with Gasteiger partial charge in [0, 0.05) is 25.2 Å². The molecule has 4 heteroatoms. The third kappa shape index (κ3) is 5.04. The SMILES string of the molecule is CN(CCNCCc1ccsc1)Cc1ccccc1F. The summed E-state index contributed by atoms with van der Waals surface area (Å²) in [4.78, 5) is 2.13. The molecule has 20 heavy (non-hydrogen) atoms. The van der Waals surface area contributed by atoms with Crippen molar-refractivity contribution in [3.8, 4) is 0 Å². The Labute approximate surface area is 124 Å². The van der Waals surface area contributed by atoms with Gasteiger partial charge in [-0.1, -0.05) is 18.2 Å². The van der Waals surface area contributed by atoms with Gasteiger partial charge in [-0.05, 0) is 48.5 Å². The van der Waals surface area contributed by atoms with E-state index in [9.17, 15) is 4.39 Å². The fraction of sp³-hybridized carbons (Fsp3) is 0.375. The number of rotatable bonds is 8. The van der Waals surface area contributed by atoms with Crippen molar-refractivity contribution in [1.82, 2.24) is 10.2 Å². The minimum Gasteiger partial charge on any atom is -0.315 e. The molecule has 0 saturated heterocycles. The van der Waals surface area contributed by atoms with Crippen molar-refractivity contribution in [2.45, 2.75) is 13.0 Å². The highest BCUT2D eigenvalue weighted by Gasteiger charge is 2.04. The quantitative estimate of drug-likeness (QED) is 0.752. The molecule has 0 bridgehead atoms. The average molecular weight is 292 g/mol. The van der Waals surface area contributed by atoms with E-state index in [1.165, 1.54) is 11.6 Å².